The molecule has 7 nitrogen and oxygen atoms in total. The van der Waals surface area contributed by atoms with Gasteiger partial charge in [0.05, 0.1) is 17.9 Å². The van der Waals surface area contributed by atoms with Crippen LogP contribution in [0.5, 0.6) is 0 Å². The van der Waals surface area contributed by atoms with Crippen molar-refractivity contribution in [3.63, 3.8) is 0 Å². The summed E-state index contributed by atoms with van der Waals surface area (Å²) in [6.07, 6.45) is 10.2. The van der Waals surface area contributed by atoms with Gasteiger partial charge in [-0.25, -0.2) is 9.37 Å². The summed E-state index contributed by atoms with van der Waals surface area (Å²) in [6.45, 7) is 5.75. The van der Waals surface area contributed by atoms with Crippen molar-refractivity contribution in [1.82, 2.24) is 24.8 Å². The molecule has 0 atom stereocenters. The smallest absolute Gasteiger partial charge is 0.228 e. The van der Waals surface area contributed by atoms with E-state index in [4.69, 9.17) is 0 Å². The number of rotatable bonds is 5. The minimum atomic E-state index is -0.390. The molecule has 1 amide bonds. The molecule has 8 heteroatoms. The molecular weight excluding hydrogens is 431 g/mol. The van der Waals surface area contributed by atoms with Crippen molar-refractivity contribution in [2.75, 3.05) is 45.1 Å². The molecule has 2 fully saturated rings. The molecule has 1 aliphatic heterocycles. The summed E-state index contributed by atoms with van der Waals surface area (Å²) >= 11 is 0. The molecule has 1 N–H and O–H groups in total. The van der Waals surface area contributed by atoms with E-state index in [0.29, 0.717) is 17.3 Å². The van der Waals surface area contributed by atoms with Gasteiger partial charge in [-0.05, 0) is 56.8 Å². The molecule has 1 aliphatic carbocycles. The molecule has 5 rings (SSSR count). The number of nitrogens with zero attached hydrogens (tertiary/aromatic N) is 5. The van der Waals surface area contributed by atoms with Gasteiger partial charge in [-0.15, -0.1) is 0 Å². The summed E-state index contributed by atoms with van der Waals surface area (Å²) < 4.78 is 13.6. The third kappa shape index (κ3) is 5.39. The molecule has 178 valence electrons. The van der Waals surface area contributed by atoms with Gasteiger partial charge in [-0.3, -0.25) is 14.8 Å². The number of pyridine rings is 3. The fraction of sp³-hybridized carbons (Fsp3) is 0.462. The van der Waals surface area contributed by atoms with Crippen LogP contribution in [0.25, 0.3) is 22.0 Å². The SMILES string of the molecule is CN1CCN(C[C@H]2CC[C@H](C(=O)Nc3cc4cc(-c5cncc(F)c5)cnc4cn3)CC2)CC1. The molecule has 3 aromatic heterocycles. The number of carbonyl (C=O) groups is 1. The first-order valence-electron chi connectivity index (χ1n) is 12.1. The van der Waals surface area contributed by atoms with Crippen molar-refractivity contribution in [3.05, 3.63) is 48.8 Å². The third-order valence-corrected chi connectivity index (χ3v) is 7.19. The predicted molar refractivity (Wildman–Crippen MR) is 131 cm³/mol. The minimum absolute atomic E-state index is 0.0315. The molecular formula is C26H31FN6O. The van der Waals surface area contributed by atoms with Gasteiger partial charge in [-0.2, -0.15) is 0 Å². The van der Waals surface area contributed by atoms with Crippen molar-refractivity contribution >= 4 is 22.6 Å². The standard InChI is InChI=1S/C26H31FN6O/c1-32-6-8-33(9-7-32)17-18-2-4-19(5-3-18)26(34)31-25-12-20-10-21(14-29-24(20)16-30-25)22-11-23(27)15-28-13-22/h10-16,18-19H,2-9,17H2,1H3,(H,30,31,34)/t18-,19-. The minimum Gasteiger partial charge on any atom is -0.310 e. The van der Waals surface area contributed by atoms with Gasteiger partial charge in [0.25, 0.3) is 0 Å². The number of likely N-dealkylation sites (N-methyl/N-ethyl adjacent to an activating group) is 1. The largest absolute Gasteiger partial charge is 0.310 e. The van der Waals surface area contributed by atoms with E-state index in [2.05, 4.69) is 37.1 Å². The molecule has 0 aromatic carbocycles. The lowest BCUT2D eigenvalue weighted by Crippen LogP contribution is -2.46. The number of carbonyl (C=O) groups excluding carboxylic acids is 1. The van der Waals surface area contributed by atoms with Crippen LogP contribution in [0.15, 0.2) is 43.0 Å². The number of amides is 1. The number of hydrogen-bond acceptors (Lipinski definition) is 6. The van der Waals surface area contributed by atoms with Crippen molar-refractivity contribution in [2.24, 2.45) is 11.8 Å². The highest BCUT2D eigenvalue weighted by Crippen LogP contribution is 2.31. The molecule has 4 heterocycles. The zero-order valence-corrected chi connectivity index (χ0v) is 19.6. The quantitative estimate of drug-likeness (QED) is 0.621. The summed E-state index contributed by atoms with van der Waals surface area (Å²) in [7, 11) is 2.18. The van der Waals surface area contributed by atoms with Crippen LogP contribution in [0, 0.1) is 17.7 Å². The van der Waals surface area contributed by atoms with Crippen LogP contribution >= 0.6 is 0 Å². The summed E-state index contributed by atoms with van der Waals surface area (Å²) in [5.74, 6) is 0.896. The predicted octanol–water partition coefficient (Wildman–Crippen LogP) is 3.82. The number of aromatic nitrogens is 3. The Hall–Kier alpha value is -2.97. The van der Waals surface area contributed by atoms with Crippen molar-refractivity contribution < 1.29 is 9.18 Å². The Morgan fingerprint density at radius 2 is 1.74 bits per heavy atom. The first kappa shape index (κ1) is 22.8. The zero-order chi connectivity index (χ0) is 23.5. The molecule has 2 aliphatic rings. The number of halogens is 1. The molecule has 1 saturated carbocycles. The van der Waals surface area contributed by atoms with Gasteiger partial charge in [-0.1, -0.05) is 0 Å². The van der Waals surface area contributed by atoms with Gasteiger partial charge < -0.3 is 15.1 Å². The van der Waals surface area contributed by atoms with E-state index >= 15 is 0 Å². The lowest BCUT2D eigenvalue weighted by molar-refractivity contribution is -0.121. The highest BCUT2D eigenvalue weighted by atomic mass is 19.1. The second-order valence-corrected chi connectivity index (χ2v) is 9.69. The molecule has 0 bridgehead atoms. The maximum atomic E-state index is 13.6. The molecule has 0 unspecified atom stereocenters. The van der Waals surface area contributed by atoms with E-state index < -0.39 is 5.82 Å². The van der Waals surface area contributed by atoms with E-state index in [9.17, 15) is 9.18 Å². The van der Waals surface area contributed by atoms with Crippen LogP contribution in [0.3, 0.4) is 0 Å². The number of piperazine rings is 1. The molecule has 1 saturated heterocycles. The summed E-state index contributed by atoms with van der Waals surface area (Å²) in [5, 5.41) is 3.84. The maximum Gasteiger partial charge on any atom is 0.228 e. The average Bonchev–Trinajstić information content (AvgIpc) is 2.85. The van der Waals surface area contributed by atoms with Crippen molar-refractivity contribution in [3.8, 4) is 11.1 Å². The van der Waals surface area contributed by atoms with Crippen LogP contribution in [0.1, 0.15) is 25.7 Å². The van der Waals surface area contributed by atoms with E-state index in [1.807, 2.05) is 12.1 Å². The van der Waals surface area contributed by atoms with Gasteiger partial charge in [0.2, 0.25) is 5.91 Å². The van der Waals surface area contributed by atoms with Gasteiger partial charge in [0.1, 0.15) is 11.6 Å². The Bertz CT molecular complexity index is 1150. The number of fused-ring (bicyclic) bond motifs is 1. The Morgan fingerprint density at radius 1 is 0.971 bits per heavy atom. The molecule has 34 heavy (non-hydrogen) atoms. The van der Waals surface area contributed by atoms with Crippen LogP contribution in [-0.4, -0.2) is 70.4 Å². The van der Waals surface area contributed by atoms with Crippen LogP contribution in [0.2, 0.25) is 0 Å². The fourth-order valence-corrected chi connectivity index (χ4v) is 5.06. The van der Waals surface area contributed by atoms with E-state index in [1.165, 1.54) is 12.3 Å². The van der Waals surface area contributed by atoms with Crippen LogP contribution in [0.4, 0.5) is 10.2 Å². The Balaban J connectivity index is 1.19. The van der Waals surface area contributed by atoms with Crippen molar-refractivity contribution in [1.29, 1.82) is 0 Å². The molecule has 0 spiro atoms. The normalized spacial score (nSPS) is 22.1. The number of anilines is 1. The lowest BCUT2D eigenvalue weighted by atomic mass is 9.81. The Labute approximate surface area is 199 Å². The second kappa shape index (κ2) is 10.1. The van der Waals surface area contributed by atoms with Crippen LogP contribution in [-0.2, 0) is 4.79 Å². The summed E-state index contributed by atoms with van der Waals surface area (Å²) in [5.41, 5.74) is 2.14. The summed E-state index contributed by atoms with van der Waals surface area (Å²) in [6, 6.07) is 5.18. The average molecular weight is 463 g/mol. The highest BCUT2D eigenvalue weighted by molar-refractivity contribution is 5.94. The number of hydrogen-bond donors (Lipinski definition) is 1. The van der Waals surface area contributed by atoms with Crippen molar-refractivity contribution in [2.45, 2.75) is 25.7 Å². The first-order valence-corrected chi connectivity index (χ1v) is 12.1. The van der Waals surface area contributed by atoms with Gasteiger partial charge in [0, 0.05) is 67.5 Å². The Kier molecular flexibility index (Phi) is 6.78. The monoisotopic (exact) mass is 462 g/mol. The molecule has 3 aromatic rings. The number of nitrogens with one attached hydrogen (secondary N) is 1. The molecule has 0 radical (unpaired) electrons. The Morgan fingerprint density at radius 3 is 2.50 bits per heavy atom. The van der Waals surface area contributed by atoms with Crippen LogP contribution < -0.4 is 5.32 Å². The maximum absolute atomic E-state index is 13.6. The second-order valence-electron chi connectivity index (χ2n) is 9.69. The summed E-state index contributed by atoms with van der Waals surface area (Å²) in [4.78, 5) is 30.6. The first-order chi connectivity index (χ1) is 16.5. The topological polar surface area (TPSA) is 74.2 Å². The lowest BCUT2D eigenvalue weighted by Gasteiger charge is -2.36. The van der Waals surface area contributed by atoms with Gasteiger partial charge in [0.15, 0.2) is 0 Å². The van der Waals surface area contributed by atoms with E-state index in [-0.39, 0.29) is 11.8 Å². The highest BCUT2D eigenvalue weighted by Gasteiger charge is 2.28. The van der Waals surface area contributed by atoms with E-state index in [1.54, 1.807) is 18.6 Å². The van der Waals surface area contributed by atoms with E-state index in [0.717, 1.165) is 74.9 Å². The zero-order valence-electron chi connectivity index (χ0n) is 19.6. The fourth-order valence-electron chi connectivity index (χ4n) is 5.06. The third-order valence-electron chi connectivity index (χ3n) is 7.19. The van der Waals surface area contributed by atoms with Gasteiger partial charge >= 0.3 is 0 Å².